The molecule has 0 N–H and O–H groups in total. The first kappa shape index (κ1) is 29.2. The normalized spacial score (nSPS) is 30.9. The molecular formula is C37H62. The second-order valence-electron chi connectivity index (χ2n) is 13.9. The van der Waals surface area contributed by atoms with Crippen LogP contribution in [0.4, 0.5) is 0 Å². The van der Waals surface area contributed by atoms with Crippen molar-refractivity contribution in [1.82, 2.24) is 0 Å². The molecule has 0 unspecified atom stereocenters. The van der Waals surface area contributed by atoms with Crippen LogP contribution in [0.5, 0.6) is 0 Å². The fourth-order valence-electron chi connectivity index (χ4n) is 8.55. The van der Waals surface area contributed by atoms with Crippen LogP contribution in [0.2, 0.25) is 0 Å². The lowest BCUT2D eigenvalue weighted by Gasteiger charge is -2.38. The lowest BCUT2D eigenvalue weighted by Crippen LogP contribution is -2.26. The first-order valence-corrected chi connectivity index (χ1v) is 17.3. The smallest absolute Gasteiger partial charge is 0.0162 e. The molecule has 1 aromatic rings. The van der Waals surface area contributed by atoms with Crippen LogP contribution in [-0.4, -0.2) is 0 Å². The quantitative estimate of drug-likeness (QED) is 0.220. The van der Waals surface area contributed by atoms with Crippen LogP contribution in [0.15, 0.2) is 24.3 Å². The van der Waals surface area contributed by atoms with Gasteiger partial charge in [-0.05, 0) is 111 Å². The van der Waals surface area contributed by atoms with E-state index in [-0.39, 0.29) is 0 Å². The van der Waals surface area contributed by atoms with Crippen LogP contribution < -0.4 is 0 Å². The lowest BCUT2D eigenvalue weighted by molar-refractivity contribution is 0.140. The van der Waals surface area contributed by atoms with Crippen molar-refractivity contribution in [3.8, 4) is 0 Å². The van der Waals surface area contributed by atoms with E-state index in [4.69, 9.17) is 0 Å². The van der Waals surface area contributed by atoms with Gasteiger partial charge in [0.15, 0.2) is 0 Å². The van der Waals surface area contributed by atoms with Crippen LogP contribution in [0.1, 0.15) is 172 Å². The number of rotatable bonds is 14. The Labute approximate surface area is 232 Å². The van der Waals surface area contributed by atoms with Gasteiger partial charge in [-0.15, -0.1) is 0 Å². The zero-order valence-electron chi connectivity index (χ0n) is 25.0. The van der Waals surface area contributed by atoms with E-state index in [1.54, 1.807) is 36.8 Å². The zero-order valence-corrected chi connectivity index (χ0v) is 25.0. The molecule has 210 valence electrons. The summed E-state index contributed by atoms with van der Waals surface area (Å²) in [4.78, 5) is 0. The third kappa shape index (κ3) is 9.72. The van der Waals surface area contributed by atoms with Crippen LogP contribution in [0, 0.1) is 29.6 Å². The van der Waals surface area contributed by atoms with E-state index in [0.29, 0.717) is 0 Å². The van der Waals surface area contributed by atoms with Gasteiger partial charge in [0, 0.05) is 0 Å². The van der Waals surface area contributed by atoms with E-state index in [9.17, 15) is 0 Å². The zero-order chi connectivity index (χ0) is 25.7. The third-order valence-electron chi connectivity index (χ3n) is 11.3. The van der Waals surface area contributed by atoms with Gasteiger partial charge in [-0.1, -0.05) is 122 Å². The van der Waals surface area contributed by atoms with Crippen molar-refractivity contribution in [2.45, 2.75) is 167 Å². The summed E-state index contributed by atoms with van der Waals surface area (Å²) in [5, 5.41) is 0. The molecule has 0 aliphatic heterocycles. The molecule has 3 aliphatic carbocycles. The van der Waals surface area contributed by atoms with Crippen molar-refractivity contribution < 1.29 is 0 Å². The Hall–Kier alpha value is -0.780. The summed E-state index contributed by atoms with van der Waals surface area (Å²) in [6, 6.07) is 9.96. The van der Waals surface area contributed by atoms with Gasteiger partial charge < -0.3 is 0 Å². The van der Waals surface area contributed by atoms with Gasteiger partial charge in [0.05, 0.1) is 0 Å². The summed E-state index contributed by atoms with van der Waals surface area (Å²) in [6.45, 7) is 4.66. The van der Waals surface area contributed by atoms with E-state index in [1.807, 2.05) is 0 Å². The molecule has 0 spiro atoms. The van der Waals surface area contributed by atoms with Crippen LogP contribution in [-0.2, 0) is 6.42 Å². The summed E-state index contributed by atoms with van der Waals surface area (Å²) in [5.41, 5.74) is 3.23. The van der Waals surface area contributed by atoms with Gasteiger partial charge in [0.2, 0.25) is 0 Å². The molecule has 0 heterocycles. The Balaban J connectivity index is 1.09. The Morgan fingerprint density at radius 2 is 0.946 bits per heavy atom. The van der Waals surface area contributed by atoms with Crippen molar-refractivity contribution in [3.05, 3.63) is 35.4 Å². The van der Waals surface area contributed by atoms with Crippen molar-refractivity contribution in [2.24, 2.45) is 29.6 Å². The molecular weight excluding hydrogens is 444 g/mol. The van der Waals surface area contributed by atoms with E-state index in [0.717, 1.165) is 35.5 Å². The van der Waals surface area contributed by atoms with Gasteiger partial charge in [0.25, 0.3) is 0 Å². The van der Waals surface area contributed by atoms with Gasteiger partial charge in [0.1, 0.15) is 0 Å². The number of benzene rings is 1. The summed E-state index contributed by atoms with van der Waals surface area (Å²) >= 11 is 0. The highest BCUT2D eigenvalue weighted by Gasteiger charge is 2.30. The predicted octanol–water partition coefficient (Wildman–Crippen LogP) is 12.1. The molecule has 0 nitrogen and oxygen atoms in total. The summed E-state index contributed by atoms with van der Waals surface area (Å²) < 4.78 is 0. The Bertz CT molecular complexity index is 692. The molecule has 0 aromatic heterocycles. The molecule has 0 saturated heterocycles. The van der Waals surface area contributed by atoms with Gasteiger partial charge in [-0.25, -0.2) is 0 Å². The van der Waals surface area contributed by atoms with Gasteiger partial charge in [-0.2, -0.15) is 0 Å². The molecule has 4 rings (SSSR count). The summed E-state index contributed by atoms with van der Waals surface area (Å²) in [6.07, 6.45) is 33.9. The minimum Gasteiger partial charge on any atom is -0.0654 e. The Morgan fingerprint density at radius 1 is 0.486 bits per heavy atom. The number of hydrogen-bond acceptors (Lipinski definition) is 0. The SMILES string of the molecule is CCCCCCC1CCC(c2ccc(CCC3CCC(C4CCC(CCCCC)CC4)CC3)cc2)CC1. The minimum absolute atomic E-state index is 0.836. The molecule has 3 fully saturated rings. The third-order valence-corrected chi connectivity index (χ3v) is 11.3. The number of aryl methyl sites for hydroxylation is 1. The molecule has 37 heavy (non-hydrogen) atoms. The highest BCUT2D eigenvalue weighted by atomic mass is 14.4. The first-order valence-electron chi connectivity index (χ1n) is 17.3. The second kappa shape index (κ2) is 16.4. The van der Waals surface area contributed by atoms with Crippen LogP contribution >= 0.6 is 0 Å². The second-order valence-corrected chi connectivity index (χ2v) is 13.9. The van der Waals surface area contributed by atoms with Crippen LogP contribution in [0.3, 0.4) is 0 Å². The average molecular weight is 507 g/mol. The highest BCUT2D eigenvalue weighted by Crippen LogP contribution is 2.43. The molecule has 0 atom stereocenters. The number of unbranched alkanes of at least 4 members (excludes halogenated alkanes) is 5. The summed E-state index contributed by atoms with van der Waals surface area (Å²) in [5.74, 6) is 6.07. The molecule has 0 bridgehead atoms. The van der Waals surface area contributed by atoms with E-state index in [1.165, 1.54) is 122 Å². The van der Waals surface area contributed by atoms with E-state index >= 15 is 0 Å². The standard InChI is InChI=1S/C37H62/c1-3-5-7-9-11-31-16-24-35(25-17-31)37-28-20-33(21-29-37)13-12-32-18-26-36(27-19-32)34-22-14-30(15-23-34)10-8-6-4-2/h20-21,28-32,34-36H,3-19,22-27H2,1-2H3. The van der Waals surface area contributed by atoms with Crippen molar-refractivity contribution in [2.75, 3.05) is 0 Å². The Morgan fingerprint density at radius 3 is 1.49 bits per heavy atom. The summed E-state index contributed by atoms with van der Waals surface area (Å²) in [7, 11) is 0. The topological polar surface area (TPSA) is 0 Å². The fraction of sp³-hybridized carbons (Fsp3) is 0.838. The maximum Gasteiger partial charge on any atom is -0.0162 e. The maximum atomic E-state index is 2.50. The van der Waals surface area contributed by atoms with Crippen molar-refractivity contribution >= 4 is 0 Å². The van der Waals surface area contributed by atoms with Gasteiger partial charge in [-0.3, -0.25) is 0 Å². The molecule has 0 heteroatoms. The molecule has 3 aliphatic rings. The lowest BCUT2D eigenvalue weighted by atomic mass is 9.68. The maximum absolute atomic E-state index is 2.50. The minimum atomic E-state index is 0.836. The predicted molar refractivity (Wildman–Crippen MR) is 163 cm³/mol. The first-order chi connectivity index (χ1) is 18.2. The Kier molecular flexibility index (Phi) is 12.9. The molecule has 1 aromatic carbocycles. The molecule has 0 amide bonds. The monoisotopic (exact) mass is 506 g/mol. The largest absolute Gasteiger partial charge is 0.0654 e. The average Bonchev–Trinajstić information content (AvgIpc) is 2.96. The van der Waals surface area contributed by atoms with E-state index in [2.05, 4.69) is 38.1 Å². The van der Waals surface area contributed by atoms with Crippen molar-refractivity contribution in [1.29, 1.82) is 0 Å². The molecule has 0 radical (unpaired) electrons. The van der Waals surface area contributed by atoms with Crippen LogP contribution in [0.25, 0.3) is 0 Å². The van der Waals surface area contributed by atoms with Crippen molar-refractivity contribution in [3.63, 3.8) is 0 Å². The fourth-order valence-corrected chi connectivity index (χ4v) is 8.55. The van der Waals surface area contributed by atoms with E-state index < -0.39 is 0 Å². The molecule has 3 saturated carbocycles. The number of hydrogen-bond donors (Lipinski definition) is 0. The van der Waals surface area contributed by atoms with Gasteiger partial charge >= 0.3 is 0 Å². The highest BCUT2D eigenvalue weighted by molar-refractivity contribution is 5.26.